The molecule has 1 N–H and O–H groups in total. The summed E-state index contributed by atoms with van der Waals surface area (Å²) >= 11 is 0. The average molecular weight is 447 g/mol. The van der Waals surface area contributed by atoms with Crippen LogP contribution in [0.15, 0.2) is 88.9 Å². The van der Waals surface area contributed by atoms with E-state index < -0.39 is 9.84 Å². The molecule has 8 heteroatoms. The van der Waals surface area contributed by atoms with Gasteiger partial charge in [0.2, 0.25) is 0 Å². The van der Waals surface area contributed by atoms with E-state index in [-0.39, 0.29) is 17.3 Å². The summed E-state index contributed by atoms with van der Waals surface area (Å²) in [6.45, 7) is 1.84. The van der Waals surface area contributed by atoms with Crippen LogP contribution >= 0.6 is 0 Å². The van der Waals surface area contributed by atoms with E-state index in [9.17, 15) is 13.2 Å². The number of aromatic nitrogens is 2. The third-order valence-corrected chi connectivity index (χ3v) is 6.17. The third-order valence-electron chi connectivity index (χ3n) is 5.04. The third kappa shape index (κ3) is 4.60. The molecule has 7 nitrogen and oxygen atoms in total. The number of amides is 1. The lowest BCUT2D eigenvalue weighted by Gasteiger charge is -2.09. The largest absolute Gasteiger partial charge is 0.314 e. The molecule has 4 rings (SSSR count). The van der Waals surface area contributed by atoms with Gasteiger partial charge in [-0.05, 0) is 48.9 Å². The monoisotopic (exact) mass is 446 g/mol. The predicted octanol–water partition coefficient (Wildman–Crippen LogP) is 3.65. The van der Waals surface area contributed by atoms with Crippen LogP contribution in [0.1, 0.15) is 12.5 Å². The summed E-state index contributed by atoms with van der Waals surface area (Å²) in [6, 6.07) is 23.6. The molecule has 4 aromatic rings. The summed E-state index contributed by atoms with van der Waals surface area (Å²) in [7, 11) is -3.30. The lowest BCUT2D eigenvalue weighted by atomic mass is 10.1. The Morgan fingerprint density at radius 2 is 1.62 bits per heavy atom. The van der Waals surface area contributed by atoms with Crippen LogP contribution in [0.25, 0.3) is 22.4 Å². The molecule has 0 fully saturated rings. The number of nitrogens with zero attached hydrogens (tertiary/aromatic N) is 3. The molecule has 0 atom stereocenters. The van der Waals surface area contributed by atoms with E-state index in [1.807, 2.05) is 61.5 Å². The normalized spacial score (nSPS) is 12.1. The first-order valence-electron chi connectivity index (χ1n) is 9.97. The fourth-order valence-electron chi connectivity index (χ4n) is 3.38. The maximum absolute atomic E-state index is 12.7. The van der Waals surface area contributed by atoms with Crippen molar-refractivity contribution in [3.8, 4) is 11.4 Å². The van der Waals surface area contributed by atoms with Crippen LogP contribution < -0.4 is 5.43 Å². The summed E-state index contributed by atoms with van der Waals surface area (Å²) in [5, 5.41) is 4.21. The molecular formula is C24H22N4O3S. The number of imidazole rings is 1. The number of sulfone groups is 1. The zero-order chi connectivity index (χ0) is 22.7. The number of nitrogens with one attached hydrogen (secondary N) is 1. The van der Waals surface area contributed by atoms with Crippen molar-refractivity contribution in [1.82, 2.24) is 15.0 Å². The van der Waals surface area contributed by atoms with Crippen LogP contribution in [-0.2, 0) is 21.2 Å². The number of hydrogen-bond acceptors (Lipinski definition) is 5. The average Bonchev–Trinajstić information content (AvgIpc) is 3.16. The molecule has 0 bridgehead atoms. The van der Waals surface area contributed by atoms with E-state index in [1.54, 1.807) is 28.8 Å². The highest BCUT2D eigenvalue weighted by Gasteiger charge is 2.16. The zero-order valence-corrected chi connectivity index (χ0v) is 18.5. The lowest BCUT2D eigenvalue weighted by molar-refractivity contribution is -0.121. The smallest absolute Gasteiger partial charge is 0.260 e. The van der Waals surface area contributed by atoms with Crippen molar-refractivity contribution >= 4 is 32.5 Å². The Hall–Kier alpha value is -3.78. The van der Waals surface area contributed by atoms with E-state index >= 15 is 0 Å². The number of fused-ring (bicyclic) bond motifs is 1. The van der Waals surface area contributed by atoms with Crippen molar-refractivity contribution in [1.29, 1.82) is 0 Å². The molecule has 0 aliphatic carbocycles. The van der Waals surface area contributed by atoms with Gasteiger partial charge in [-0.25, -0.2) is 18.8 Å². The van der Waals surface area contributed by atoms with Crippen LogP contribution in [-0.4, -0.2) is 35.8 Å². The molecule has 1 amide bonds. The molecule has 0 spiro atoms. The van der Waals surface area contributed by atoms with Crippen molar-refractivity contribution in [3.63, 3.8) is 0 Å². The summed E-state index contributed by atoms with van der Waals surface area (Å²) in [4.78, 5) is 17.6. The van der Waals surface area contributed by atoms with Crippen molar-refractivity contribution in [3.05, 3.63) is 84.4 Å². The number of carbonyl (C=O) groups excluding carboxylic acids is 1. The minimum atomic E-state index is -3.30. The second kappa shape index (κ2) is 8.76. The second-order valence-corrected chi connectivity index (χ2v) is 9.42. The molecule has 0 aliphatic heterocycles. The van der Waals surface area contributed by atoms with Gasteiger partial charge >= 0.3 is 0 Å². The standard InChI is InChI=1S/C24H22N4O3S/c1-17(18-8-4-3-5-9-18)26-27-23(29)16-28-22-11-7-6-10-21(22)25-24(28)19-12-14-20(15-13-19)32(2,30)31/h3-15H,16H2,1-2H3,(H,27,29)/b26-17+. The Bertz CT molecular complexity index is 1410. The molecule has 3 aromatic carbocycles. The van der Waals surface area contributed by atoms with E-state index in [2.05, 4.69) is 15.5 Å². The summed E-state index contributed by atoms with van der Waals surface area (Å²) in [6.07, 6.45) is 1.17. The van der Waals surface area contributed by atoms with Gasteiger partial charge in [-0.2, -0.15) is 5.10 Å². The van der Waals surface area contributed by atoms with Crippen molar-refractivity contribution < 1.29 is 13.2 Å². The SMILES string of the molecule is C/C(=N\NC(=O)Cn1c(-c2ccc(S(C)(=O)=O)cc2)nc2ccccc21)c1ccccc1. The van der Waals surface area contributed by atoms with Gasteiger partial charge in [-0.1, -0.05) is 42.5 Å². The van der Waals surface area contributed by atoms with Gasteiger partial charge in [0.25, 0.3) is 5.91 Å². The molecule has 1 heterocycles. The summed E-state index contributed by atoms with van der Waals surface area (Å²) < 4.78 is 25.4. The van der Waals surface area contributed by atoms with Gasteiger partial charge in [0, 0.05) is 11.8 Å². The molecule has 0 saturated heterocycles. The number of rotatable bonds is 6. The zero-order valence-electron chi connectivity index (χ0n) is 17.7. The first-order chi connectivity index (χ1) is 15.3. The van der Waals surface area contributed by atoms with Crippen LogP contribution in [0.2, 0.25) is 0 Å². The van der Waals surface area contributed by atoms with Crippen molar-refractivity contribution in [2.75, 3.05) is 6.26 Å². The van der Waals surface area contributed by atoms with Crippen molar-refractivity contribution in [2.45, 2.75) is 18.4 Å². The van der Waals surface area contributed by atoms with Gasteiger partial charge in [-0.15, -0.1) is 0 Å². The predicted molar refractivity (Wildman–Crippen MR) is 125 cm³/mol. The quantitative estimate of drug-likeness (QED) is 0.361. The van der Waals surface area contributed by atoms with Crippen LogP contribution in [0, 0.1) is 0 Å². The molecule has 32 heavy (non-hydrogen) atoms. The molecule has 0 saturated carbocycles. The molecule has 0 aliphatic rings. The maximum atomic E-state index is 12.7. The van der Waals surface area contributed by atoms with Gasteiger partial charge in [0.15, 0.2) is 9.84 Å². The Labute approximate surface area is 186 Å². The molecule has 0 radical (unpaired) electrons. The maximum Gasteiger partial charge on any atom is 0.260 e. The second-order valence-electron chi connectivity index (χ2n) is 7.41. The minimum absolute atomic E-state index is 0.00917. The van der Waals surface area contributed by atoms with E-state index in [1.165, 1.54) is 6.26 Å². The Balaban J connectivity index is 1.64. The Morgan fingerprint density at radius 3 is 2.31 bits per heavy atom. The first kappa shape index (κ1) is 21.5. The molecule has 1 aromatic heterocycles. The Kier molecular flexibility index (Phi) is 5.87. The van der Waals surface area contributed by atoms with Crippen LogP contribution in [0.4, 0.5) is 0 Å². The highest BCUT2D eigenvalue weighted by molar-refractivity contribution is 7.90. The summed E-state index contributed by atoms with van der Waals surface area (Å²) in [5.74, 6) is 0.280. The number of carbonyl (C=O) groups is 1. The molecule has 162 valence electrons. The molecular weight excluding hydrogens is 424 g/mol. The highest BCUT2D eigenvalue weighted by atomic mass is 32.2. The fourth-order valence-corrected chi connectivity index (χ4v) is 4.01. The van der Waals surface area contributed by atoms with Gasteiger partial charge in [-0.3, -0.25) is 4.79 Å². The van der Waals surface area contributed by atoms with Gasteiger partial charge < -0.3 is 4.57 Å². The lowest BCUT2D eigenvalue weighted by Crippen LogP contribution is -2.24. The summed E-state index contributed by atoms with van der Waals surface area (Å²) in [5.41, 5.74) is 6.49. The van der Waals surface area contributed by atoms with E-state index in [4.69, 9.17) is 0 Å². The van der Waals surface area contributed by atoms with Gasteiger partial charge in [0.1, 0.15) is 12.4 Å². The van der Waals surface area contributed by atoms with E-state index in [0.29, 0.717) is 17.1 Å². The fraction of sp³-hybridized carbons (Fsp3) is 0.125. The minimum Gasteiger partial charge on any atom is -0.314 e. The van der Waals surface area contributed by atoms with Crippen LogP contribution in [0.3, 0.4) is 0 Å². The van der Waals surface area contributed by atoms with Crippen LogP contribution in [0.5, 0.6) is 0 Å². The number of hydrazone groups is 1. The number of hydrogen-bond donors (Lipinski definition) is 1. The van der Waals surface area contributed by atoms with Crippen molar-refractivity contribution in [2.24, 2.45) is 5.10 Å². The van der Waals surface area contributed by atoms with E-state index in [0.717, 1.165) is 16.6 Å². The molecule has 0 unspecified atom stereocenters. The number of para-hydroxylation sites is 2. The highest BCUT2D eigenvalue weighted by Crippen LogP contribution is 2.26. The van der Waals surface area contributed by atoms with Gasteiger partial charge in [0.05, 0.1) is 21.6 Å². The first-order valence-corrected chi connectivity index (χ1v) is 11.9. The Morgan fingerprint density at radius 1 is 0.969 bits per heavy atom. The number of benzene rings is 3. The topological polar surface area (TPSA) is 93.4 Å².